The first-order chi connectivity index (χ1) is 13.2. The Hall–Kier alpha value is -0.740. The minimum atomic E-state index is -1.64. The van der Waals surface area contributed by atoms with Gasteiger partial charge in [-0.15, -0.1) is 0 Å². The molecule has 0 aromatic carbocycles. The quantitative estimate of drug-likeness (QED) is 0.474. The van der Waals surface area contributed by atoms with Crippen molar-refractivity contribution >= 4 is 0 Å². The number of ether oxygens (including phenoxy) is 2. The highest BCUT2D eigenvalue weighted by Gasteiger charge is 2.35. The van der Waals surface area contributed by atoms with Crippen LogP contribution < -0.4 is 0 Å². The van der Waals surface area contributed by atoms with Gasteiger partial charge in [-0.25, -0.2) is 0 Å². The van der Waals surface area contributed by atoms with Crippen molar-refractivity contribution in [2.45, 2.75) is 77.4 Å². The highest BCUT2D eigenvalue weighted by Crippen LogP contribution is 2.43. The van der Waals surface area contributed by atoms with E-state index in [0.717, 1.165) is 36.7 Å². The van der Waals surface area contributed by atoms with Crippen molar-refractivity contribution in [3.63, 3.8) is 0 Å². The molecule has 0 bridgehead atoms. The molecule has 4 heteroatoms. The van der Waals surface area contributed by atoms with Gasteiger partial charge < -0.3 is 9.47 Å². The van der Waals surface area contributed by atoms with Crippen molar-refractivity contribution in [3.8, 4) is 0 Å². The van der Waals surface area contributed by atoms with E-state index in [0.29, 0.717) is 19.1 Å². The average molecular weight is 383 g/mol. The second-order valence-corrected chi connectivity index (χ2v) is 8.85. The molecule has 0 atom stereocenters. The Kier molecular flexibility index (Phi) is 8.32. The molecule has 0 aromatic heterocycles. The molecule has 1 aliphatic heterocycles. The summed E-state index contributed by atoms with van der Waals surface area (Å²) < 4.78 is 36.2. The van der Waals surface area contributed by atoms with Crippen molar-refractivity contribution in [2.24, 2.45) is 29.6 Å². The second kappa shape index (κ2) is 10.7. The summed E-state index contributed by atoms with van der Waals surface area (Å²) in [6.45, 7) is 2.83. The van der Waals surface area contributed by atoms with E-state index in [-0.39, 0.29) is 12.2 Å². The third-order valence-corrected chi connectivity index (χ3v) is 7.05. The third kappa shape index (κ3) is 6.39. The van der Waals surface area contributed by atoms with Crippen LogP contribution in [-0.2, 0) is 9.47 Å². The molecule has 0 radical (unpaired) electrons. The molecule has 3 rings (SSSR count). The summed E-state index contributed by atoms with van der Waals surface area (Å²) in [7, 11) is 0. The van der Waals surface area contributed by atoms with E-state index in [1.807, 2.05) is 0 Å². The lowest BCUT2D eigenvalue weighted by molar-refractivity contribution is -0.223. The highest BCUT2D eigenvalue weighted by atomic mass is 19.3. The average Bonchev–Trinajstić information content (AvgIpc) is 2.69. The maximum atomic E-state index is 12.3. The number of allylic oxidation sites excluding steroid dienone is 2. The lowest BCUT2D eigenvalue weighted by Crippen LogP contribution is -2.38. The van der Waals surface area contributed by atoms with E-state index in [4.69, 9.17) is 9.47 Å². The zero-order valence-electron chi connectivity index (χ0n) is 16.8. The summed E-state index contributed by atoms with van der Waals surface area (Å²) in [6, 6.07) is 0. The van der Waals surface area contributed by atoms with E-state index >= 15 is 0 Å². The standard InChI is InChI=1S/C23H36F2O2/c1-2-3-4-5-17-6-8-19(9-7-17)20-10-12-21(13-11-20)23-26-15-18(16-27-23)14-22(24)25/h2-3,14,17-21,23H,4-13,15-16H2,1H3/b3-2+. The Morgan fingerprint density at radius 2 is 1.41 bits per heavy atom. The molecule has 2 nitrogen and oxygen atoms in total. The van der Waals surface area contributed by atoms with Crippen LogP contribution in [0.1, 0.15) is 71.1 Å². The molecule has 0 spiro atoms. The Labute approximate surface area is 163 Å². The summed E-state index contributed by atoms with van der Waals surface area (Å²) in [5.74, 6) is 2.87. The molecule has 27 heavy (non-hydrogen) atoms. The molecule has 154 valence electrons. The fourth-order valence-electron chi connectivity index (χ4n) is 5.42. The van der Waals surface area contributed by atoms with E-state index in [2.05, 4.69) is 19.1 Å². The van der Waals surface area contributed by atoms with Gasteiger partial charge in [-0.2, -0.15) is 8.78 Å². The van der Waals surface area contributed by atoms with Crippen molar-refractivity contribution in [2.75, 3.05) is 13.2 Å². The molecule has 0 amide bonds. The topological polar surface area (TPSA) is 18.5 Å². The molecule has 3 aliphatic rings. The Morgan fingerprint density at radius 1 is 0.852 bits per heavy atom. The molecular formula is C23H36F2O2. The Balaban J connectivity index is 1.34. The summed E-state index contributed by atoms with van der Waals surface area (Å²) in [6.07, 6.45) is 16.8. The van der Waals surface area contributed by atoms with Gasteiger partial charge in [0.1, 0.15) is 0 Å². The van der Waals surface area contributed by atoms with Crippen molar-refractivity contribution in [1.82, 2.24) is 0 Å². The third-order valence-electron chi connectivity index (χ3n) is 7.05. The first-order valence-corrected chi connectivity index (χ1v) is 11.0. The van der Waals surface area contributed by atoms with Gasteiger partial charge in [-0.05, 0) is 82.1 Å². The van der Waals surface area contributed by atoms with Crippen LogP contribution in [0, 0.1) is 29.6 Å². The molecule has 0 aromatic rings. The number of halogens is 2. The zero-order valence-corrected chi connectivity index (χ0v) is 16.8. The lowest BCUT2D eigenvalue weighted by Gasteiger charge is -2.40. The summed E-state index contributed by atoms with van der Waals surface area (Å²) in [5, 5.41) is 0. The van der Waals surface area contributed by atoms with Gasteiger partial charge in [0.15, 0.2) is 6.29 Å². The van der Waals surface area contributed by atoms with Crippen molar-refractivity contribution in [1.29, 1.82) is 0 Å². The van der Waals surface area contributed by atoms with E-state index in [1.165, 1.54) is 51.4 Å². The van der Waals surface area contributed by atoms with Crippen molar-refractivity contribution < 1.29 is 18.3 Å². The van der Waals surface area contributed by atoms with E-state index in [9.17, 15) is 8.78 Å². The molecular weight excluding hydrogens is 346 g/mol. The van der Waals surface area contributed by atoms with Crippen LogP contribution >= 0.6 is 0 Å². The normalized spacial score (nSPS) is 38.0. The predicted molar refractivity (Wildman–Crippen MR) is 104 cm³/mol. The van der Waals surface area contributed by atoms with Gasteiger partial charge in [0.05, 0.1) is 13.2 Å². The first kappa shape index (κ1) is 21.0. The van der Waals surface area contributed by atoms with Crippen LogP contribution in [0.5, 0.6) is 0 Å². The largest absolute Gasteiger partial charge is 0.352 e. The highest BCUT2D eigenvalue weighted by molar-refractivity contribution is 4.90. The maximum Gasteiger partial charge on any atom is 0.266 e. The molecule has 0 unspecified atom stereocenters. The molecule has 2 aliphatic carbocycles. The number of hydrogen-bond acceptors (Lipinski definition) is 2. The Bertz CT molecular complexity index is 477. The van der Waals surface area contributed by atoms with Crippen LogP contribution in [0.15, 0.2) is 24.3 Å². The summed E-state index contributed by atoms with van der Waals surface area (Å²) in [4.78, 5) is 0. The maximum absolute atomic E-state index is 12.3. The van der Waals surface area contributed by atoms with Gasteiger partial charge in [0.25, 0.3) is 6.08 Å². The SMILES string of the molecule is C/C=C/CCC1CCC(C2CCC(C3OCC(C=C(F)F)CO3)CC2)CC1. The van der Waals surface area contributed by atoms with Crippen LogP contribution in [0.3, 0.4) is 0 Å². The molecule has 2 saturated carbocycles. The number of rotatable bonds is 6. The molecule has 1 heterocycles. The predicted octanol–water partition coefficient (Wildman–Crippen LogP) is 6.73. The molecule has 0 N–H and O–H groups in total. The smallest absolute Gasteiger partial charge is 0.266 e. The second-order valence-electron chi connectivity index (χ2n) is 8.85. The zero-order chi connectivity index (χ0) is 19.1. The summed E-state index contributed by atoms with van der Waals surface area (Å²) in [5.41, 5.74) is 0. The van der Waals surface area contributed by atoms with Crippen molar-refractivity contribution in [3.05, 3.63) is 24.3 Å². The van der Waals surface area contributed by atoms with Crippen LogP contribution in [-0.4, -0.2) is 19.5 Å². The van der Waals surface area contributed by atoms with Gasteiger partial charge >= 0.3 is 0 Å². The minimum Gasteiger partial charge on any atom is -0.352 e. The fourth-order valence-corrected chi connectivity index (χ4v) is 5.42. The van der Waals surface area contributed by atoms with E-state index < -0.39 is 6.08 Å². The van der Waals surface area contributed by atoms with Gasteiger partial charge in [0.2, 0.25) is 0 Å². The van der Waals surface area contributed by atoms with Crippen LogP contribution in [0.2, 0.25) is 0 Å². The monoisotopic (exact) mass is 382 g/mol. The first-order valence-electron chi connectivity index (χ1n) is 11.0. The van der Waals surface area contributed by atoms with Gasteiger partial charge in [-0.3, -0.25) is 0 Å². The lowest BCUT2D eigenvalue weighted by atomic mass is 9.68. The van der Waals surface area contributed by atoms with E-state index in [1.54, 1.807) is 0 Å². The number of hydrogen-bond donors (Lipinski definition) is 0. The summed E-state index contributed by atoms with van der Waals surface area (Å²) >= 11 is 0. The minimum absolute atomic E-state index is 0.180. The fraction of sp³-hybridized carbons (Fsp3) is 0.826. The molecule has 3 fully saturated rings. The van der Waals surface area contributed by atoms with Crippen LogP contribution in [0.25, 0.3) is 0 Å². The molecule has 1 saturated heterocycles. The Morgan fingerprint density at radius 3 is 1.96 bits per heavy atom. The van der Waals surface area contributed by atoms with Crippen LogP contribution in [0.4, 0.5) is 8.78 Å². The van der Waals surface area contributed by atoms with Gasteiger partial charge in [0, 0.05) is 11.8 Å². The van der Waals surface area contributed by atoms with Gasteiger partial charge in [-0.1, -0.05) is 25.0 Å².